The fourth-order valence-corrected chi connectivity index (χ4v) is 1.67. The number of hydrogen-bond acceptors (Lipinski definition) is 2. The Morgan fingerprint density at radius 3 is 2.62 bits per heavy atom. The van der Waals surface area contributed by atoms with E-state index in [1.807, 2.05) is 18.2 Å². The number of Topliss-reactive ketones (excluding diaryl/α,β-unsaturated/α-hetero) is 1. The lowest BCUT2D eigenvalue weighted by Crippen LogP contribution is -2.50. The highest BCUT2D eigenvalue weighted by atomic mass is 16.2. The van der Waals surface area contributed by atoms with Crippen LogP contribution in [0.4, 0.5) is 0 Å². The first-order valence-electron chi connectivity index (χ1n) is 5.69. The van der Waals surface area contributed by atoms with Gasteiger partial charge < -0.3 is 5.32 Å². The van der Waals surface area contributed by atoms with Crippen LogP contribution in [-0.2, 0) is 9.59 Å². The summed E-state index contributed by atoms with van der Waals surface area (Å²) in [7, 11) is 0. The molecule has 0 aliphatic heterocycles. The van der Waals surface area contributed by atoms with Gasteiger partial charge in [0.05, 0.1) is 5.54 Å². The Morgan fingerprint density at radius 2 is 2.12 bits per heavy atom. The lowest BCUT2D eigenvalue weighted by atomic mass is 9.95. The molecule has 0 bridgehead atoms. The van der Waals surface area contributed by atoms with Crippen molar-refractivity contribution in [1.29, 1.82) is 0 Å². The van der Waals surface area contributed by atoms with E-state index in [0.717, 1.165) is 18.4 Å². The van der Waals surface area contributed by atoms with E-state index in [2.05, 4.69) is 5.32 Å². The number of carbonyl (C=O) groups is 2. The van der Waals surface area contributed by atoms with Crippen LogP contribution in [-0.4, -0.2) is 17.2 Å². The second kappa shape index (κ2) is 5.10. The lowest BCUT2D eigenvalue weighted by Gasteiger charge is -2.25. The zero-order valence-electron chi connectivity index (χ0n) is 10.2. The number of ketones is 1. The Kier molecular flexibility index (Phi) is 4.05. The highest BCUT2D eigenvalue weighted by Crippen LogP contribution is 2.14. The normalized spacial score (nSPS) is 15.6. The van der Waals surface area contributed by atoms with Crippen LogP contribution in [0.15, 0.2) is 23.8 Å². The van der Waals surface area contributed by atoms with Crippen molar-refractivity contribution < 1.29 is 9.59 Å². The fraction of sp³-hybridized carbons (Fsp3) is 0.538. The molecule has 16 heavy (non-hydrogen) atoms. The second-order valence-electron chi connectivity index (χ2n) is 4.51. The molecular weight excluding hydrogens is 202 g/mol. The molecule has 0 saturated heterocycles. The highest BCUT2D eigenvalue weighted by Gasteiger charge is 2.28. The molecule has 0 radical (unpaired) electrons. The van der Waals surface area contributed by atoms with E-state index in [4.69, 9.17) is 0 Å². The third kappa shape index (κ3) is 3.05. The van der Waals surface area contributed by atoms with Crippen LogP contribution >= 0.6 is 0 Å². The molecule has 1 aliphatic rings. The predicted octanol–water partition coefficient (Wildman–Crippen LogP) is 2.14. The van der Waals surface area contributed by atoms with Gasteiger partial charge in [0, 0.05) is 12.0 Å². The Morgan fingerprint density at radius 1 is 1.44 bits per heavy atom. The van der Waals surface area contributed by atoms with Crippen LogP contribution in [0.3, 0.4) is 0 Å². The number of nitrogens with one attached hydrogen (secondary N) is 1. The van der Waals surface area contributed by atoms with Crippen LogP contribution in [0.5, 0.6) is 0 Å². The molecule has 0 aromatic carbocycles. The van der Waals surface area contributed by atoms with Crippen molar-refractivity contribution in [1.82, 2.24) is 5.32 Å². The quantitative estimate of drug-likeness (QED) is 0.790. The van der Waals surface area contributed by atoms with E-state index in [1.165, 1.54) is 0 Å². The van der Waals surface area contributed by atoms with Crippen LogP contribution in [0, 0.1) is 0 Å². The molecule has 0 saturated carbocycles. The van der Waals surface area contributed by atoms with Gasteiger partial charge in [0.2, 0.25) is 5.91 Å². The smallest absolute Gasteiger partial charge is 0.247 e. The van der Waals surface area contributed by atoms with Crippen molar-refractivity contribution in [2.45, 2.75) is 45.6 Å². The number of carbonyl (C=O) groups excluding carboxylic acids is 2. The van der Waals surface area contributed by atoms with E-state index in [-0.39, 0.29) is 11.7 Å². The summed E-state index contributed by atoms with van der Waals surface area (Å²) in [6.45, 7) is 5.30. The average Bonchev–Trinajstić information content (AvgIpc) is 2.28. The Hall–Kier alpha value is -1.38. The molecule has 3 heteroatoms. The van der Waals surface area contributed by atoms with E-state index in [9.17, 15) is 9.59 Å². The van der Waals surface area contributed by atoms with Gasteiger partial charge in [-0.25, -0.2) is 0 Å². The van der Waals surface area contributed by atoms with Gasteiger partial charge in [0.1, 0.15) is 0 Å². The summed E-state index contributed by atoms with van der Waals surface area (Å²) in [4.78, 5) is 23.5. The molecule has 0 aromatic heterocycles. The van der Waals surface area contributed by atoms with E-state index in [0.29, 0.717) is 6.42 Å². The summed E-state index contributed by atoms with van der Waals surface area (Å²) >= 11 is 0. The fourth-order valence-electron chi connectivity index (χ4n) is 1.67. The largest absolute Gasteiger partial charge is 0.340 e. The molecule has 0 unspecified atom stereocenters. The SMILES string of the molecule is CCC(=O)C(C)(C)NC(=O)C1=CC=CCC1. The highest BCUT2D eigenvalue weighted by molar-refractivity contribution is 5.99. The second-order valence-corrected chi connectivity index (χ2v) is 4.51. The van der Waals surface area contributed by atoms with E-state index < -0.39 is 5.54 Å². The summed E-state index contributed by atoms with van der Waals surface area (Å²) in [5, 5.41) is 2.79. The van der Waals surface area contributed by atoms with Gasteiger partial charge in [0.15, 0.2) is 5.78 Å². The average molecular weight is 221 g/mol. The zero-order valence-corrected chi connectivity index (χ0v) is 10.2. The molecule has 1 amide bonds. The van der Waals surface area contributed by atoms with E-state index >= 15 is 0 Å². The van der Waals surface area contributed by atoms with Crippen molar-refractivity contribution >= 4 is 11.7 Å². The minimum absolute atomic E-state index is 0.0489. The summed E-state index contributed by atoms with van der Waals surface area (Å²) in [6.07, 6.45) is 7.80. The van der Waals surface area contributed by atoms with Crippen molar-refractivity contribution in [2.75, 3.05) is 0 Å². The van der Waals surface area contributed by atoms with Crippen molar-refractivity contribution in [2.24, 2.45) is 0 Å². The molecule has 0 aromatic rings. The third-order valence-corrected chi connectivity index (χ3v) is 2.75. The van der Waals surface area contributed by atoms with Crippen molar-refractivity contribution in [3.8, 4) is 0 Å². The predicted molar refractivity (Wildman–Crippen MR) is 64.0 cm³/mol. The maximum Gasteiger partial charge on any atom is 0.247 e. The minimum Gasteiger partial charge on any atom is -0.340 e. The van der Waals surface area contributed by atoms with Crippen molar-refractivity contribution in [3.05, 3.63) is 23.8 Å². The molecule has 1 rings (SSSR count). The van der Waals surface area contributed by atoms with Crippen LogP contribution in [0.25, 0.3) is 0 Å². The molecule has 0 fully saturated rings. The molecule has 1 aliphatic carbocycles. The van der Waals surface area contributed by atoms with Gasteiger partial charge in [-0.15, -0.1) is 0 Å². The monoisotopic (exact) mass is 221 g/mol. The van der Waals surface area contributed by atoms with Gasteiger partial charge in [-0.05, 0) is 26.7 Å². The van der Waals surface area contributed by atoms with Gasteiger partial charge in [-0.2, -0.15) is 0 Å². The Balaban J connectivity index is 2.67. The maximum absolute atomic E-state index is 11.9. The first-order valence-corrected chi connectivity index (χ1v) is 5.69. The molecule has 1 N–H and O–H groups in total. The van der Waals surface area contributed by atoms with Crippen LogP contribution < -0.4 is 5.32 Å². The maximum atomic E-state index is 11.9. The van der Waals surface area contributed by atoms with Gasteiger partial charge in [0.25, 0.3) is 0 Å². The number of rotatable bonds is 4. The minimum atomic E-state index is -0.770. The Labute approximate surface area is 96.6 Å². The standard InChI is InChI=1S/C13H19NO2/c1-4-11(15)13(2,3)14-12(16)10-8-6-5-7-9-10/h5-6,8H,4,7,9H2,1-3H3,(H,14,16). The summed E-state index contributed by atoms with van der Waals surface area (Å²) < 4.78 is 0. The summed E-state index contributed by atoms with van der Waals surface area (Å²) in [6, 6.07) is 0. The number of hydrogen-bond donors (Lipinski definition) is 1. The van der Waals surface area contributed by atoms with Crippen LogP contribution in [0.1, 0.15) is 40.0 Å². The van der Waals surface area contributed by atoms with Gasteiger partial charge in [-0.3, -0.25) is 9.59 Å². The summed E-state index contributed by atoms with van der Waals surface area (Å²) in [5.41, 5.74) is -0.0205. The zero-order chi connectivity index (χ0) is 12.2. The molecule has 88 valence electrons. The number of amides is 1. The molecule has 0 heterocycles. The lowest BCUT2D eigenvalue weighted by molar-refractivity contribution is -0.129. The van der Waals surface area contributed by atoms with E-state index in [1.54, 1.807) is 20.8 Å². The first kappa shape index (κ1) is 12.7. The van der Waals surface area contributed by atoms with Crippen LogP contribution in [0.2, 0.25) is 0 Å². The third-order valence-electron chi connectivity index (χ3n) is 2.75. The topological polar surface area (TPSA) is 46.2 Å². The molecule has 0 atom stereocenters. The Bertz CT molecular complexity index is 351. The van der Waals surface area contributed by atoms with Crippen molar-refractivity contribution in [3.63, 3.8) is 0 Å². The molecule has 0 spiro atoms. The summed E-state index contributed by atoms with van der Waals surface area (Å²) in [5.74, 6) is -0.0797. The van der Waals surface area contributed by atoms with Gasteiger partial charge in [-0.1, -0.05) is 25.2 Å². The molecule has 3 nitrogen and oxygen atoms in total. The molecular formula is C13H19NO2. The first-order chi connectivity index (χ1) is 7.47. The number of allylic oxidation sites excluding steroid dienone is 3. The van der Waals surface area contributed by atoms with Gasteiger partial charge >= 0.3 is 0 Å².